The van der Waals surface area contributed by atoms with Crippen molar-refractivity contribution in [3.63, 3.8) is 0 Å². The summed E-state index contributed by atoms with van der Waals surface area (Å²) in [5.74, 6) is 1.31. The number of hydrogen-bond acceptors (Lipinski definition) is 3. The van der Waals surface area contributed by atoms with E-state index in [4.69, 9.17) is 4.74 Å². The molecular formula is C16H26O3. The molecule has 3 nitrogen and oxygen atoms in total. The van der Waals surface area contributed by atoms with Crippen LogP contribution in [0.3, 0.4) is 0 Å². The van der Waals surface area contributed by atoms with Crippen molar-refractivity contribution >= 4 is 0 Å². The third-order valence-corrected chi connectivity index (χ3v) is 3.51. The Morgan fingerprint density at radius 3 is 2.37 bits per heavy atom. The number of benzene rings is 1. The topological polar surface area (TPSA) is 49.7 Å². The Kier molecular flexibility index (Phi) is 6.32. The van der Waals surface area contributed by atoms with Crippen LogP contribution in [0.2, 0.25) is 0 Å². The van der Waals surface area contributed by atoms with Crippen molar-refractivity contribution in [1.29, 1.82) is 0 Å². The van der Waals surface area contributed by atoms with Crippen molar-refractivity contribution in [3.05, 3.63) is 29.3 Å². The second-order valence-corrected chi connectivity index (χ2v) is 5.31. The Balaban J connectivity index is 2.72. The lowest BCUT2D eigenvalue weighted by molar-refractivity contribution is 0.0130. The maximum Gasteiger partial charge on any atom is 0.122 e. The number of aryl methyl sites for hydroxylation is 1. The zero-order valence-corrected chi connectivity index (χ0v) is 12.4. The predicted octanol–water partition coefficient (Wildman–Crippen LogP) is 2.88. The van der Waals surface area contributed by atoms with Gasteiger partial charge in [0.2, 0.25) is 0 Å². The Bertz CT molecular complexity index is 388. The van der Waals surface area contributed by atoms with Crippen LogP contribution < -0.4 is 4.74 Å². The van der Waals surface area contributed by atoms with Gasteiger partial charge in [-0.05, 0) is 42.4 Å². The van der Waals surface area contributed by atoms with E-state index in [1.165, 1.54) is 11.1 Å². The van der Waals surface area contributed by atoms with Crippen molar-refractivity contribution in [2.45, 2.75) is 58.2 Å². The largest absolute Gasteiger partial charge is 0.496 e. The summed E-state index contributed by atoms with van der Waals surface area (Å²) in [4.78, 5) is 0. The molecule has 0 heterocycles. The average Bonchev–Trinajstić information content (AvgIpc) is 2.43. The van der Waals surface area contributed by atoms with Gasteiger partial charge < -0.3 is 14.9 Å². The zero-order chi connectivity index (χ0) is 14.4. The molecule has 0 fully saturated rings. The molecule has 0 radical (unpaired) electrons. The van der Waals surface area contributed by atoms with E-state index in [-0.39, 0.29) is 0 Å². The van der Waals surface area contributed by atoms with E-state index in [9.17, 15) is 10.2 Å². The van der Waals surface area contributed by atoms with Crippen LogP contribution in [0.4, 0.5) is 0 Å². The van der Waals surface area contributed by atoms with Crippen molar-refractivity contribution in [2.75, 3.05) is 7.11 Å². The van der Waals surface area contributed by atoms with Gasteiger partial charge in [-0.25, -0.2) is 0 Å². The van der Waals surface area contributed by atoms with Gasteiger partial charge in [0.1, 0.15) is 5.75 Å². The summed E-state index contributed by atoms with van der Waals surface area (Å²) >= 11 is 0. The van der Waals surface area contributed by atoms with Crippen LogP contribution in [0, 0.1) is 0 Å². The van der Waals surface area contributed by atoms with E-state index >= 15 is 0 Å². The van der Waals surface area contributed by atoms with Crippen LogP contribution in [-0.4, -0.2) is 29.5 Å². The first-order chi connectivity index (χ1) is 8.99. The van der Waals surface area contributed by atoms with Crippen LogP contribution in [0.15, 0.2) is 18.2 Å². The smallest absolute Gasteiger partial charge is 0.122 e. The molecule has 108 valence electrons. The standard InChI is InChI=1S/C16H26O3/c1-5-14(17)15(18)8-6-12-7-9-16(19-4)13(10-12)11(2)3/h7,9-11,14-15,17-18H,5-6,8H2,1-4H3. The lowest BCUT2D eigenvalue weighted by atomic mass is 9.96. The maximum atomic E-state index is 9.78. The summed E-state index contributed by atoms with van der Waals surface area (Å²) in [7, 11) is 1.68. The van der Waals surface area contributed by atoms with Crippen molar-refractivity contribution < 1.29 is 14.9 Å². The fourth-order valence-electron chi connectivity index (χ4n) is 2.17. The van der Waals surface area contributed by atoms with Gasteiger partial charge >= 0.3 is 0 Å². The first-order valence-corrected chi connectivity index (χ1v) is 7.02. The third kappa shape index (κ3) is 4.51. The van der Waals surface area contributed by atoms with Crippen LogP contribution in [0.1, 0.15) is 50.7 Å². The number of aliphatic hydroxyl groups is 2. The zero-order valence-electron chi connectivity index (χ0n) is 12.4. The van der Waals surface area contributed by atoms with Gasteiger partial charge in [-0.2, -0.15) is 0 Å². The fraction of sp³-hybridized carbons (Fsp3) is 0.625. The molecule has 0 saturated carbocycles. The third-order valence-electron chi connectivity index (χ3n) is 3.51. The minimum atomic E-state index is -0.644. The van der Waals surface area contributed by atoms with Crippen LogP contribution in [0.25, 0.3) is 0 Å². The molecule has 0 aromatic heterocycles. The van der Waals surface area contributed by atoms with E-state index in [1.807, 2.05) is 19.1 Å². The van der Waals surface area contributed by atoms with E-state index < -0.39 is 12.2 Å². The fourth-order valence-corrected chi connectivity index (χ4v) is 2.17. The van der Waals surface area contributed by atoms with E-state index in [1.54, 1.807) is 7.11 Å². The molecule has 1 rings (SSSR count). The highest BCUT2D eigenvalue weighted by molar-refractivity contribution is 5.39. The summed E-state index contributed by atoms with van der Waals surface area (Å²) in [5, 5.41) is 19.3. The molecule has 0 aliphatic carbocycles. The van der Waals surface area contributed by atoms with Gasteiger partial charge in [0.05, 0.1) is 19.3 Å². The summed E-state index contributed by atoms with van der Waals surface area (Å²) in [6.07, 6.45) is 0.666. The summed E-state index contributed by atoms with van der Waals surface area (Å²) in [6.45, 7) is 6.15. The maximum absolute atomic E-state index is 9.78. The number of aliphatic hydroxyl groups excluding tert-OH is 2. The Morgan fingerprint density at radius 1 is 1.16 bits per heavy atom. The average molecular weight is 266 g/mol. The number of rotatable bonds is 7. The monoisotopic (exact) mass is 266 g/mol. The van der Waals surface area contributed by atoms with Gasteiger partial charge in [0.15, 0.2) is 0 Å². The Labute approximate surface area is 116 Å². The molecule has 3 heteroatoms. The van der Waals surface area contributed by atoms with E-state index in [2.05, 4.69) is 19.9 Å². The second kappa shape index (κ2) is 7.51. The quantitative estimate of drug-likeness (QED) is 0.798. The van der Waals surface area contributed by atoms with Crippen molar-refractivity contribution in [3.8, 4) is 5.75 Å². The number of methoxy groups -OCH3 is 1. The molecule has 0 bridgehead atoms. The van der Waals surface area contributed by atoms with E-state index in [0.29, 0.717) is 18.8 Å². The van der Waals surface area contributed by atoms with Gasteiger partial charge in [-0.15, -0.1) is 0 Å². The van der Waals surface area contributed by atoms with Crippen LogP contribution >= 0.6 is 0 Å². The molecule has 0 saturated heterocycles. The number of ether oxygens (including phenoxy) is 1. The summed E-state index contributed by atoms with van der Waals surface area (Å²) in [6, 6.07) is 6.14. The molecule has 0 amide bonds. The predicted molar refractivity (Wildman–Crippen MR) is 77.7 cm³/mol. The van der Waals surface area contributed by atoms with Crippen LogP contribution in [-0.2, 0) is 6.42 Å². The summed E-state index contributed by atoms with van der Waals surface area (Å²) in [5.41, 5.74) is 2.36. The molecule has 1 aromatic rings. The molecule has 2 N–H and O–H groups in total. The Hall–Kier alpha value is -1.06. The highest BCUT2D eigenvalue weighted by Crippen LogP contribution is 2.27. The first kappa shape index (κ1) is 16.0. The molecule has 2 atom stereocenters. The number of hydrogen-bond donors (Lipinski definition) is 2. The highest BCUT2D eigenvalue weighted by Gasteiger charge is 2.14. The molecule has 19 heavy (non-hydrogen) atoms. The van der Waals surface area contributed by atoms with Gasteiger partial charge in [0.25, 0.3) is 0 Å². The van der Waals surface area contributed by atoms with Gasteiger partial charge in [-0.1, -0.05) is 32.9 Å². The van der Waals surface area contributed by atoms with Crippen molar-refractivity contribution in [1.82, 2.24) is 0 Å². The molecule has 2 unspecified atom stereocenters. The Morgan fingerprint density at radius 2 is 1.84 bits per heavy atom. The van der Waals surface area contributed by atoms with E-state index in [0.717, 1.165) is 12.2 Å². The van der Waals surface area contributed by atoms with Crippen LogP contribution in [0.5, 0.6) is 5.75 Å². The molecule has 1 aromatic carbocycles. The lowest BCUT2D eigenvalue weighted by Gasteiger charge is -2.17. The molecule has 0 aliphatic heterocycles. The molecule has 0 aliphatic rings. The SMILES string of the molecule is CCC(O)C(O)CCc1ccc(OC)c(C(C)C)c1. The molecular weight excluding hydrogens is 240 g/mol. The summed E-state index contributed by atoms with van der Waals surface area (Å²) < 4.78 is 5.35. The van der Waals surface area contributed by atoms with Gasteiger partial charge in [-0.3, -0.25) is 0 Å². The second-order valence-electron chi connectivity index (χ2n) is 5.31. The van der Waals surface area contributed by atoms with Crippen molar-refractivity contribution in [2.24, 2.45) is 0 Å². The van der Waals surface area contributed by atoms with Gasteiger partial charge in [0, 0.05) is 0 Å². The first-order valence-electron chi connectivity index (χ1n) is 7.02. The lowest BCUT2D eigenvalue weighted by Crippen LogP contribution is -2.25. The minimum Gasteiger partial charge on any atom is -0.496 e. The normalized spacial score (nSPS) is 14.5. The minimum absolute atomic E-state index is 0.404. The molecule has 0 spiro atoms. The highest BCUT2D eigenvalue weighted by atomic mass is 16.5.